The Morgan fingerprint density at radius 1 is 0.702 bits per heavy atom. The Balaban J connectivity index is 0.000000156. The van der Waals surface area contributed by atoms with E-state index in [9.17, 15) is 4.79 Å². The molecule has 1 fully saturated rings. The van der Waals surface area contributed by atoms with Crippen molar-refractivity contribution < 1.29 is 4.79 Å². The Labute approximate surface area is 338 Å². The number of thiophene rings is 1. The number of aryl methyl sites for hydroxylation is 4. The average Bonchev–Trinajstić information content (AvgIpc) is 4.07. The Morgan fingerprint density at radius 3 is 1.96 bits per heavy atom. The molecule has 11 nitrogen and oxygen atoms in total. The van der Waals surface area contributed by atoms with Crippen molar-refractivity contribution in [3.8, 4) is 0 Å². The van der Waals surface area contributed by atoms with Gasteiger partial charge in [0.05, 0.1) is 34.3 Å². The molecule has 5 aromatic heterocycles. The van der Waals surface area contributed by atoms with Crippen molar-refractivity contribution in [2.45, 2.75) is 85.4 Å². The minimum Gasteiger partial charge on any atom is -0.352 e. The van der Waals surface area contributed by atoms with Gasteiger partial charge in [-0.1, -0.05) is 88.2 Å². The lowest BCUT2D eigenvalue weighted by atomic mass is 10.2. The first-order valence-corrected chi connectivity index (χ1v) is 21.4. The number of aromatic nitrogens is 8. The van der Waals surface area contributed by atoms with E-state index in [-0.39, 0.29) is 5.91 Å². The number of unbranched alkanes of at least 4 members (excludes halogenated alkanes) is 2. The standard InChI is InChI=1S/C23H26N6OS.2C11H14N2/c1-2-18-14-19-22(24-16-25-23(19)31-18)28-12-10-27(11-13-28)21(30)8-5-9-29-20-7-4-3-6-17(20)15-26-29;1-2-3-8-13-9-10-6-4-5-7-11(10)12-13;1-2-3-8-13-11-7-5-4-6-10(11)9-12-13/h3-4,6-7,14-16H,2,5,8-13H2,1H3;2*4-7,9H,2-3,8H2,1H3. The highest BCUT2D eigenvalue weighted by molar-refractivity contribution is 7.18. The third-order valence-corrected chi connectivity index (χ3v) is 11.6. The molecule has 9 rings (SSSR count). The van der Waals surface area contributed by atoms with Gasteiger partial charge >= 0.3 is 0 Å². The fraction of sp³-hybridized carbons (Fsp3) is 0.378. The van der Waals surface area contributed by atoms with E-state index in [1.165, 1.54) is 46.8 Å². The molecule has 1 aliphatic heterocycles. The molecule has 0 radical (unpaired) electrons. The molecule has 296 valence electrons. The highest BCUT2D eigenvalue weighted by Gasteiger charge is 2.23. The smallest absolute Gasteiger partial charge is 0.222 e. The van der Waals surface area contributed by atoms with Gasteiger partial charge in [-0.05, 0) is 49.9 Å². The van der Waals surface area contributed by atoms with Crippen molar-refractivity contribution >= 4 is 66.0 Å². The molecule has 3 aromatic carbocycles. The van der Waals surface area contributed by atoms with Crippen LogP contribution < -0.4 is 4.90 Å². The number of amides is 1. The van der Waals surface area contributed by atoms with Crippen LogP contribution in [0.5, 0.6) is 0 Å². The van der Waals surface area contributed by atoms with Crippen LogP contribution in [-0.2, 0) is 30.8 Å². The predicted molar refractivity (Wildman–Crippen MR) is 234 cm³/mol. The summed E-state index contributed by atoms with van der Waals surface area (Å²) in [6, 6.07) is 27.0. The van der Waals surface area contributed by atoms with Crippen LogP contribution in [0, 0.1) is 0 Å². The van der Waals surface area contributed by atoms with Crippen molar-refractivity contribution in [2.75, 3.05) is 31.1 Å². The van der Waals surface area contributed by atoms with Gasteiger partial charge in [-0.3, -0.25) is 18.8 Å². The largest absolute Gasteiger partial charge is 0.352 e. The van der Waals surface area contributed by atoms with Gasteiger partial charge in [0, 0.05) is 79.5 Å². The van der Waals surface area contributed by atoms with Gasteiger partial charge in [0.25, 0.3) is 0 Å². The van der Waals surface area contributed by atoms with Crippen molar-refractivity contribution in [2.24, 2.45) is 0 Å². The first kappa shape index (κ1) is 39.6. The van der Waals surface area contributed by atoms with Crippen LogP contribution in [0.1, 0.15) is 64.2 Å². The monoisotopic (exact) mass is 782 g/mol. The van der Waals surface area contributed by atoms with Crippen molar-refractivity contribution in [3.63, 3.8) is 0 Å². The van der Waals surface area contributed by atoms with Gasteiger partial charge in [-0.15, -0.1) is 11.3 Å². The lowest BCUT2D eigenvalue weighted by molar-refractivity contribution is -0.131. The number of nitrogens with zero attached hydrogens (tertiary/aromatic N) is 10. The first-order chi connectivity index (χ1) is 28.0. The van der Waals surface area contributed by atoms with E-state index in [2.05, 4.69) is 110 Å². The number of anilines is 1. The Bertz CT molecular complexity index is 2450. The number of hydrogen-bond donors (Lipinski definition) is 0. The first-order valence-electron chi connectivity index (χ1n) is 20.5. The molecule has 12 heteroatoms. The molecule has 6 heterocycles. The number of hydrogen-bond acceptors (Lipinski definition) is 8. The maximum absolute atomic E-state index is 12.7. The molecule has 1 saturated heterocycles. The van der Waals surface area contributed by atoms with Crippen LogP contribution in [0.4, 0.5) is 5.82 Å². The summed E-state index contributed by atoms with van der Waals surface area (Å²) in [5.74, 6) is 1.23. The molecule has 0 unspecified atom stereocenters. The second-order valence-corrected chi connectivity index (χ2v) is 15.6. The summed E-state index contributed by atoms with van der Waals surface area (Å²) in [4.78, 5) is 28.4. The quantitative estimate of drug-likeness (QED) is 0.122. The van der Waals surface area contributed by atoms with Crippen molar-refractivity contribution in [3.05, 3.63) is 109 Å². The Kier molecular flexibility index (Phi) is 13.5. The maximum Gasteiger partial charge on any atom is 0.222 e. The van der Waals surface area contributed by atoms with Crippen molar-refractivity contribution in [1.82, 2.24) is 44.2 Å². The van der Waals surface area contributed by atoms with Gasteiger partial charge in [-0.25, -0.2) is 9.97 Å². The zero-order chi connectivity index (χ0) is 39.4. The van der Waals surface area contributed by atoms with Gasteiger partial charge < -0.3 is 9.80 Å². The SMILES string of the molecule is CCCCn1cc2ccccc2n1.CCCCn1ncc2ccccc21.CCc1cc2c(N3CCN(C(=O)CCCn4ncc5ccccc54)CC3)ncnc2s1. The number of fused-ring (bicyclic) bond motifs is 4. The summed E-state index contributed by atoms with van der Waals surface area (Å²) in [6.45, 7) is 12.5. The van der Waals surface area contributed by atoms with Crippen LogP contribution >= 0.6 is 11.3 Å². The van der Waals surface area contributed by atoms with Crippen LogP contribution in [0.15, 0.2) is 104 Å². The van der Waals surface area contributed by atoms with Gasteiger partial charge in [0.1, 0.15) is 17.0 Å². The number of carbonyl (C=O) groups excluding carboxylic acids is 1. The average molecular weight is 783 g/mol. The van der Waals surface area contributed by atoms with E-state index in [0.29, 0.717) is 6.42 Å². The van der Waals surface area contributed by atoms with Crippen LogP contribution in [0.25, 0.3) is 42.9 Å². The Morgan fingerprint density at radius 2 is 1.32 bits per heavy atom. The maximum atomic E-state index is 12.7. The fourth-order valence-corrected chi connectivity index (χ4v) is 8.12. The molecular weight excluding hydrogens is 729 g/mol. The lowest BCUT2D eigenvalue weighted by Crippen LogP contribution is -2.49. The highest BCUT2D eigenvalue weighted by atomic mass is 32.1. The normalized spacial score (nSPS) is 12.9. The van der Waals surface area contributed by atoms with Crippen LogP contribution in [-0.4, -0.2) is 76.3 Å². The molecule has 0 bridgehead atoms. The highest BCUT2D eigenvalue weighted by Crippen LogP contribution is 2.31. The molecule has 0 N–H and O–H groups in total. The Hall–Kier alpha value is -5.62. The lowest BCUT2D eigenvalue weighted by Gasteiger charge is -2.35. The molecule has 0 aliphatic carbocycles. The minimum absolute atomic E-state index is 0.229. The topological polar surface area (TPSA) is 103 Å². The number of piperazine rings is 1. The van der Waals surface area contributed by atoms with E-state index in [4.69, 9.17) is 0 Å². The minimum atomic E-state index is 0.229. The van der Waals surface area contributed by atoms with E-state index in [1.54, 1.807) is 17.7 Å². The summed E-state index contributed by atoms with van der Waals surface area (Å²) >= 11 is 1.74. The second kappa shape index (κ2) is 19.5. The van der Waals surface area contributed by atoms with Crippen LogP contribution in [0.3, 0.4) is 0 Å². The van der Waals surface area contributed by atoms with E-state index in [0.717, 1.165) is 91.1 Å². The van der Waals surface area contributed by atoms with Gasteiger partial charge in [0.15, 0.2) is 0 Å². The molecule has 0 spiro atoms. The molecular formula is C45H54N10OS. The molecule has 1 aliphatic rings. The van der Waals surface area contributed by atoms with E-state index < -0.39 is 0 Å². The van der Waals surface area contributed by atoms with Gasteiger partial charge in [-0.2, -0.15) is 15.3 Å². The predicted octanol–water partition coefficient (Wildman–Crippen LogP) is 9.41. The number of rotatable bonds is 12. The summed E-state index contributed by atoms with van der Waals surface area (Å²) < 4.78 is 6.11. The summed E-state index contributed by atoms with van der Waals surface area (Å²) in [6.07, 6.45) is 14.8. The van der Waals surface area contributed by atoms with E-state index >= 15 is 0 Å². The van der Waals surface area contributed by atoms with Crippen LogP contribution in [0.2, 0.25) is 0 Å². The number of benzene rings is 3. The molecule has 57 heavy (non-hydrogen) atoms. The third-order valence-electron chi connectivity index (χ3n) is 10.4. The third kappa shape index (κ3) is 9.86. The summed E-state index contributed by atoms with van der Waals surface area (Å²) in [7, 11) is 0. The number of para-hydroxylation sites is 2. The van der Waals surface area contributed by atoms with Gasteiger partial charge in [0.2, 0.25) is 5.91 Å². The van der Waals surface area contributed by atoms with Crippen molar-refractivity contribution in [1.29, 1.82) is 0 Å². The molecule has 1 amide bonds. The second-order valence-electron chi connectivity index (χ2n) is 14.5. The fourth-order valence-electron chi connectivity index (χ4n) is 7.19. The summed E-state index contributed by atoms with van der Waals surface area (Å²) in [5, 5.41) is 18.0. The zero-order valence-electron chi connectivity index (χ0n) is 33.5. The zero-order valence-corrected chi connectivity index (χ0v) is 34.3. The van der Waals surface area contributed by atoms with E-state index in [1.807, 2.05) is 57.0 Å². The summed E-state index contributed by atoms with van der Waals surface area (Å²) in [5.41, 5.74) is 3.47. The molecule has 0 saturated carbocycles. The number of carbonyl (C=O) groups is 1. The molecule has 8 aromatic rings. The molecule has 0 atom stereocenters.